The normalized spacial score (nSPS) is 28.5. The van der Waals surface area contributed by atoms with Crippen molar-refractivity contribution in [3.05, 3.63) is 11.1 Å². The van der Waals surface area contributed by atoms with Gasteiger partial charge in [0.05, 0.1) is 11.1 Å². The first-order chi connectivity index (χ1) is 3.70. The number of allylic oxidation sites excluding steroid dienone is 1. The predicted molar refractivity (Wildman–Crippen MR) is 29.6 cm³/mol. The Balaban J connectivity index is 2.73. The van der Waals surface area contributed by atoms with E-state index in [1.54, 1.807) is 0 Å². The number of aliphatic hydroxyl groups excluding tert-OH is 1. The van der Waals surface area contributed by atoms with Crippen LogP contribution in [0, 0.1) is 0 Å². The second-order valence-electron chi connectivity index (χ2n) is 1.72. The molecule has 3 heteroatoms. The molecule has 1 rings (SSSR count). The molecule has 1 N–H and O–H groups in total. The van der Waals surface area contributed by atoms with Crippen LogP contribution in [0.3, 0.4) is 0 Å². The number of ketones is 1. The van der Waals surface area contributed by atoms with Gasteiger partial charge in [-0.25, -0.2) is 0 Å². The fourth-order valence-corrected chi connectivity index (χ4v) is 0.796. The van der Waals surface area contributed by atoms with Gasteiger partial charge in [-0.15, -0.1) is 0 Å². The summed E-state index contributed by atoms with van der Waals surface area (Å²) >= 11 is 5.35. The van der Waals surface area contributed by atoms with E-state index in [2.05, 4.69) is 0 Å². The topological polar surface area (TPSA) is 37.3 Å². The number of aliphatic hydroxyl groups is 1. The average Bonchev–Trinajstić information content (AvgIpc) is 1.85. The van der Waals surface area contributed by atoms with Crippen LogP contribution in [-0.4, -0.2) is 17.0 Å². The van der Waals surface area contributed by atoms with Crippen molar-refractivity contribution in [3.63, 3.8) is 0 Å². The molecule has 0 fully saturated rings. The first-order valence-corrected chi connectivity index (χ1v) is 2.66. The molecule has 0 unspecified atom stereocenters. The highest BCUT2D eigenvalue weighted by Gasteiger charge is 2.19. The lowest BCUT2D eigenvalue weighted by molar-refractivity contribution is -0.114. The Morgan fingerprint density at radius 1 is 1.88 bits per heavy atom. The molecule has 0 aromatic carbocycles. The molecule has 0 aromatic rings. The zero-order valence-corrected chi connectivity index (χ0v) is 4.85. The Kier molecular flexibility index (Phi) is 1.36. The van der Waals surface area contributed by atoms with Crippen LogP contribution in [0.1, 0.15) is 6.42 Å². The number of hydrogen-bond acceptors (Lipinski definition) is 2. The lowest BCUT2D eigenvalue weighted by Crippen LogP contribution is -2.02. The monoisotopic (exact) mass is 132 g/mol. The van der Waals surface area contributed by atoms with Gasteiger partial charge >= 0.3 is 0 Å². The first kappa shape index (κ1) is 5.79. The second-order valence-corrected chi connectivity index (χ2v) is 2.15. The molecule has 2 nitrogen and oxygen atoms in total. The zero-order valence-electron chi connectivity index (χ0n) is 4.10. The van der Waals surface area contributed by atoms with Gasteiger partial charge < -0.3 is 5.11 Å². The van der Waals surface area contributed by atoms with Crippen molar-refractivity contribution in [1.82, 2.24) is 0 Å². The lowest BCUT2D eigenvalue weighted by Gasteiger charge is -1.94. The smallest absolute Gasteiger partial charge is 0.159 e. The molecule has 0 bridgehead atoms. The van der Waals surface area contributed by atoms with Gasteiger partial charge in [-0.1, -0.05) is 11.6 Å². The Labute approximate surface area is 51.8 Å². The van der Waals surface area contributed by atoms with Gasteiger partial charge in [0.25, 0.3) is 0 Å². The second kappa shape index (κ2) is 1.88. The molecule has 0 aliphatic heterocycles. The molecule has 0 amide bonds. The van der Waals surface area contributed by atoms with Gasteiger partial charge in [-0.2, -0.15) is 0 Å². The Hall–Kier alpha value is -0.340. The van der Waals surface area contributed by atoms with Crippen LogP contribution in [0.4, 0.5) is 0 Å². The summed E-state index contributed by atoms with van der Waals surface area (Å²) in [6, 6.07) is 0. The average molecular weight is 133 g/mol. The molecule has 0 saturated carbocycles. The number of rotatable bonds is 0. The minimum absolute atomic E-state index is 0.0949. The van der Waals surface area contributed by atoms with E-state index in [4.69, 9.17) is 16.7 Å². The SMILES string of the molecule is O=C1C=C(Cl)[C@H](O)C1. The van der Waals surface area contributed by atoms with Crippen molar-refractivity contribution in [1.29, 1.82) is 0 Å². The molecular formula is C5H5ClO2. The van der Waals surface area contributed by atoms with Crippen molar-refractivity contribution in [2.24, 2.45) is 0 Å². The minimum Gasteiger partial charge on any atom is -0.387 e. The summed E-state index contributed by atoms with van der Waals surface area (Å²) in [7, 11) is 0. The largest absolute Gasteiger partial charge is 0.387 e. The fourth-order valence-electron chi connectivity index (χ4n) is 0.597. The summed E-state index contributed by atoms with van der Waals surface area (Å²) in [6.45, 7) is 0. The summed E-state index contributed by atoms with van der Waals surface area (Å²) in [4.78, 5) is 10.3. The van der Waals surface area contributed by atoms with E-state index in [-0.39, 0.29) is 17.2 Å². The van der Waals surface area contributed by atoms with Crippen LogP contribution in [0.5, 0.6) is 0 Å². The summed E-state index contributed by atoms with van der Waals surface area (Å²) in [6.07, 6.45) is 0.676. The zero-order chi connectivity index (χ0) is 6.15. The molecular weight excluding hydrogens is 128 g/mol. The predicted octanol–water partition coefficient (Wildman–Crippen LogP) is 0.443. The van der Waals surface area contributed by atoms with E-state index < -0.39 is 6.10 Å². The lowest BCUT2D eigenvalue weighted by atomic mass is 10.3. The molecule has 1 aliphatic rings. The molecule has 1 atom stereocenters. The van der Waals surface area contributed by atoms with Gasteiger partial charge in [0.2, 0.25) is 0 Å². The number of carbonyl (C=O) groups is 1. The van der Waals surface area contributed by atoms with Gasteiger partial charge in [-0.3, -0.25) is 4.79 Å². The summed E-state index contributed by atoms with van der Waals surface area (Å²) in [5, 5.41) is 9.01. The first-order valence-electron chi connectivity index (χ1n) is 2.28. The molecule has 0 saturated heterocycles. The van der Waals surface area contributed by atoms with Gasteiger partial charge in [0.15, 0.2) is 5.78 Å². The van der Waals surface area contributed by atoms with E-state index in [0.29, 0.717) is 0 Å². The van der Waals surface area contributed by atoms with Crippen LogP contribution in [0.15, 0.2) is 11.1 Å². The van der Waals surface area contributed by atoms with Crippen molar-refractivity contribution < 1.29 is 9.90 Å². The van der Waals surface area contributed by atoms with E-state index in [0.717, 1.165) is 0 Å². The van der Waals surface area contributed by atoms with E-state index >= 15 is 0 Å². The molecule has 0 radical (unpaired) electrons. The van der Waals surface area contributed by atoms with Crippen molar-refractivity contribution in [2.75, 3.05) is 0 Å². The third kappa shape index (κ3) is 0.904. The summed E-state index contributed by atoms with van der Waals surface area (Å²) in [5.41, 5.74) is 0. The molecule has 0 aromatic heterocycles. The molecule has 0 heterocycles. The Morgan fingerprint density at radius 2 is 2.50 bits per heavy atom. The number of carbonyl (C=O) groups excluding carboxylic acids is 1. The highest BCUT2D eigenvalue weighted by molar-refractivity contribution is 6.32. The van der Waals surface area contributed by atoms with Crippen LogP contribution in [-0.2, 0) is 4.79 Å². The highest BCUT2D eigenvalue weighted by Crippen LogP contribution is 2.18. The van der Waals surface area contributed by atoms with Crippen LogP contribution < -0.4 is 0 Å². The fraction of sp³-hybridized carbons (Fsp3) is 0.400. The van der Waals surface area contributed by atoms with Gasteiger partial charge in [0.1, 0.15) is 0 Å². The van der Waals surface area contributed by atoms with Crippen LogP contribution >= 0.6 is 11.6 Å². The maximum absolute atomic E-state index is 10.3. The highest BCUT2D eigenvalue weighted by atomic mass is 35.5. The number of halogens is 1. The number of hydrogen-bond donors (Lipinski definition) is 1. The third-order valence-electron chi connectivity index (χ3n) is 1.01. The third-order valence-corrected chi connectivity index (χ3v) is 1.37. The van der Waals surface area contributed by atoms with E-state index in [9.17, 15) is 4.79 Å². The molecule has 8 heavy (non-hydrogen) atoms. The van der Waals surface area contributed by atoms with Crippen molar-refractivity contribution in [3.8, 4) is 0 Å². The van der Waals surface area contributed by atoms with E-state index in [1.807, 2.05) is 0 Å². The van der Waals surface area contributed by atoms with Crippen molar-refractivity contribution >= 4 is 17.4 Å². The minimum atomic E-state index is -0.732. The van der Waals surface area contributed by atoms with Crippen LogP contribution in [0.25, 0.3) is 0 Å². The summed E-state index contributed by atoms with van der Waals surface area (Å²) in [5.74, 6) is -0.0949. The van der Waals surface area contributed by atoms with Gasteiger partial charge in [-0.05, 0) is 6.08 Å². The maximum atomic E-state index is 10.3. The van der Waals surface area contributed by atoms with E-state index in [1.165, 1.54) is 6.08 Å². The standard InChI is InChI=1S/C5H5ClO2/c6-4-1-3(7)2-5(4)8/h1,5,8H,2H2/t5-/m1/s1. The van der Waals surface area contributed by atoms with Crippen LogP contribution in [0.2, 0.25) is 0 Å². The quantitative estimate of drug-likeness (QED) is 0.520. The molecule has 0 spiro atoms. The molecule has 44 valence electrons. The Morgan fingerprint density at radius 3 is 2.62 bits per heavy atom. The Bertz CT molecular complexity index is 151. The maximum Gasteiger partial charge on any atom is 0.159 e. The van der Waals surface area contributed by atoms with Gasteiger partial charge in [0, 0.05) is 6.42 Å². The molecule has 1 aliphatic carbocycles. The summed E-state index contributed by atoms with van der Waals surface area (Å²) < 4.78 is 0. The van der Waals surface area contributed by atoms with Crippen molar-refractivity contribution in [2.45, 2.75) is 12.5 Å².